The number of carbonyl (C=O) groups is 2. The van der Waals surface area contributed by atoms with Crippen LogP contribution in [0.5, 0.6) is 11.5 Å². The summed E-state index contributed by atoms with van der Waals surface area (Å²) < 4.78 is 35.7. The second kappa shape index (κ2) is 24.6. The maximum Gasteiger partial charge on any atom is 0.259 e. The molecule has 5 aromatic rings. The van der Waals surface area contributed by atoms with Gasteiger partial charge in [0, 0.05) is 50.0 Å². The number of likely N-dealkylation sites (tertiary alicyclic amines) is 1. The van der Waals surface area contributed by atoms with Crippen molar-refractivity contribution >= 4 is 31.4 Å². The van der Waals surface area contributed by atoms with Crippen LogP contribution in [0.2, 0.25) is 0 Å². The molecule has 2 amide bonds. The molecule has 3 aromatic carbocycles. The lowest BCUT2D eigenvalue weighted by Gasteiger charge is -2.38. The number of nitrogens with one attached hydrogen (secondary N) is 1. The van der Waals surface area contributed by atoms with Gasteiger partial charge in [-0.3, -0.25) is 14.4 Å². The highest BCUT2D eigenvalue weighted by Crippen LogP contribution is 2.49. The lowest BCUT2D eigenvalue weighted by molar-refractivity contribution is -0.134. The van der Waals surface area contributed by atoms with Crippen molar-refractivity contribution in [3.8, 4) is 17.6 Å². The van der Waals surface area contributed by atoms with E-state index >= 15 is 0 Å². The van der Waals surface area contributed by atoms with Gasteiger partial charge in [0.1, 0.15) is 28.3 Å². The molecule has 1 aliphatic heterocycles. The van der Waals surface area contributed by atoms with Crippen LogP contribution < -0.4 is 20.2 Å². The van der Waals surface area contributed by atoms with Crippen LogP contribution in [0.3, 0.4) is 0 Å². The molecule has 0 spiro atoms. The standard InChI is InChI=1S/C53H67N6O8P/c1-9-57-35-48(50(61)47-29-20-39(6)56-51(47)57)52(62)55-31-15-11-14-19-49(60)58-34-46(67-68(66-32-16-30-54)59(37(2)3)38(4)5)33-43(58)36-65-53(40-17-12-10-13-18-40,41-21-25-44(63-7)26-22-41)42-23-27-45(64-8)28-24-42/h10,12-13,17-18,20-29,35,37-38,43,46H,9,11,14-16,19,31-34,36H2,1-8H3,(H,55,62)/t43-,46+,68?/m0/s1. The first-order chi connectivity index (χ1) is 32.8. The van der Waals surface area contributed by atoms with Gasteiger partial charge >= 0.3 is 0 Å². The second-order valence-electron chi connectivity index (χ2n) is 17.6. The van der Waals surface area contributed by atoms with E-state index in [0.717, 1.165) is 22.4 Å². The van der Waals surface area contributed by atoms with Crippen molar-refractivity contribution in [3.05, 3.63) is 135 Å². The zero-order valence-corrected chi connectivity index (χ0v) is 41.7. The Kier molecular flexibility index (Phi) is 18.7. The highest BCUT2D eigenvalue weighted by molar-refractivity contribution is 7.44. The van der Waals surface area contributed by atoms with E-state index in [9.17, 15) is 19.6 Å². The molecule has 6 rings (SSSR count). The summed E-state index contributed by atoms with van der Waals surface area (Å²) in [5, 5.41) is 12.7. The normalized spacial score (nSPS) is 15.5. The van der Waals surface area contributed by atoms with Crippen molar-refractivity contribution in [1.82, 2.24) is 24.4 Å². The molecule has 362 valence electrons. The topological polar surface area (TPSA) is 157 Å². The molecule has 1 unspecified atom stereocenters. The Bertz CT molecular complexity index is 2470. The molecular weight excluding hydrogens is 880 g/mol. The summed E-state index contributed by atoms with van der Waals surface area (Å²) >= 11 is 0. The fraction of sp³-hybridized carbons (Fsp3) is 0.453. The van der Waals surface area contributed by atoms with Crippen LogP contribution in [0, 0.1) is 18.3 Å². The van der Waals surface area contributed by atoms with Gasteiger partial charge in [0.2, 0.25) is 11.3 Å². The monoisotopic (exact) mass is 946 g/mol. The molecule has 1 saturated heterocycles. The third-order valence-corrected chi connectivity index (χ3v) is 14.4. The largest absolute Gasteiger partial charge is 0.497 e. The third kappa shape index (κ3) is 12.3. The van der Waals surface area contributed by atoms with Crippen LogP contribution in [-0.2, 0) is 30.7 Å². The Labute approximate surface area is 402 Å². The van der Waals surface area contributed by atoms with E-state index < -0.39 is 20.0 Å². The number of amides is 2. The Morgan fingerprint density at radius 3 is 2.12 bits per heavy atom. The quantitative estimate of drug-likeness (QED) is 0.0357. The average Bonchev–Trinajstić information content (AvgIpc) is 3.75. The van der Waals surface area contributed by atoms with Gasteiger partial charge in [-0.05, 0) is 114 Å². The molecule has 0 saturated carbocycles. The number of unbranched alkanes of at least 4 members (excludes halogenated alkanes) is 2. The number of fused-ring (bicyclic) bond motifs is 1. The van der Waals surface area contributed by atoms with Crippen molar-refractivity contribution in [3.63, 3.8) is 0 Å². The predicted molar refractivity (Wildman–Crippen MR) is 266 cm³/mol. The molecule has 68 heavy (non-hydrogen) atoms. The molecule has 0 bridgehead atoms. The van der Waals surface area contributed by atoms with Gasteiger partial charge in [-0.2, -0.15) is 5.26 Å². The van der Waals surface area contributed by atoms with E-state index in [0.29, 0.717) is 67.8 Å². The molecule has 1 aliphatic rings. The molecule has 0 aliphatic carbocycles. The number of aromatic nitrogens is 2. The number of pyridine rings is 2. The van der Waals surface area contributed by atoms with Crippen LogP contribution in [0.1, 0.15) is 106 Å². The molecule has 1 fully saturated rings. The molecular formula is C53H67N6O8P. The van der Waals surface area contributed by atoms with Gasteiger partial charge in [-0.1, -0.05) is 61.0 Å². The van der Waals surface area contributed by atoms with Crippen molar-refractivity contribution < 1.29 is 32.8 Å². The van der Waals surface area contributed by atoms with Crippen LogP contribution in [-0.4, -0.2) is 95.7 Å². The number of hydrogen-bond acceptors (Lipinski definition) is 11. The maximum atomic E-state index is 14.5. The van der Waals surface area contributed by atoms with E-state index in [1.807, 2.05) is 90.0 Å². The lowest BCUT2D eigenvalue weighted by Crippen LogP contribution is -2.42. The summed E-state index contributed by atoms with van der Waals surface area (Å²) in [6, 6.07) is 31.4. The number of ether oxygens (including phenoxy) is 3. The minimum Gasteiger partial charge on any atom is -0.497 e. The lowest BCUT2D eigenvalue weighted by atomic mass is 9.80. The number of hydrogen-bond donors (Lipinski definition) is 1. The Hall–Kier alpha value is -5.68. The molecule has 14 nitrogen and oxygen atoms in total. The second-order valence-corrected chi connectivity index (χ2v) is 19.0. The molecule has 2 aromatic heterocycles. The highest BCUT2D eigenvalue weighted by Gasteiger charge is 2.43. The number of nitriles is 1. The van der Waals surface area contributed by atoms with Gasteiger partial charge in [-0.25, -0.2) is 9.65 Å². The third-order valence-electron chi connectivity index (χ3n) is 12.3. The predicted octanol–water partition coefficient (Wildman–Crippen LogP) is 9.30. The summed E-state index contributed by atoms with van der Waals surface area (Å²) in [7, 11) is 1.71. The summed E-state index contributed by atoms with van der Waals surface area (Å²) in [6.07, 6.45) is 4.15. The van der Waals surface area contributed by atoms with Crippen LogP contribution in [0.4, 0.5) is 0 Å². The molecule has 15 heteroatoms. The number of rotatable bonds is 24. The smallest absolute Gasteiger partial charge is 0.259 e. The summed E-state index contributed by atoms with van der Waals surface area (Å²) in [5.74, 6) is 0.976. The van der Waals surface area contributed by atoms with Gasteiger partial charge in [0.15, 0.2) is 0 Å². The Morgan fingerprint density at radius 1 is 0.897 bits per heavy atom. The first kappa shape index (κ1) is 51.7. The number of methoxy groups -OCH3 is 2. The highest BCUT2D eigenvalue weighted by atomic mass is 31.2. The van der Waals surface area contributed by atoms with Crippen molar-refractivity contribution in [2.24, 2.45) is 0 Å². The summed E-state index contributed by atoms with van der Waals surface area (Å²) in [6.45, 7) is 13.9. The Balaban J connectivity index is 1.22. The Morgan fingerprint density at radius 2 is 1.53 bits per heavy atom. The number of aryl methyl sites for hydroxylation is 2. The van der Waals surface area contributed by atoms with E-state index in [4.69, 9.17) is 23.3 Å². The SMILES string of the molecule is CCn1cc(C(=O)NCCCCCC(=O)N2C[C@H](OP(OCCC#N)N(C(C)C)C(C)C)C[C@H]2COC(c2ccccc2)(c2ccc(OC)cc2)c2ccc(OC)cc2)c(=O)c2ccc(C)nc21. The molecule has 1 N–H and O–H groups in total. The molecule has 3 atom stereocenters. The van der Waals surface area contributed by atoms with Crippen molar-refractivity contribution in [1.29, 1.82) is 5.26 Å². The fourth-order valence-electron chi connectivity index (χ4n) is 8.91. The van der Waals surface area contributed by atoms with Gasteiger partial charge in [-0.15, -0.1) is 0 Å². The minimum atomic E-state index is -1.57. The number of carbonyl (C=O) groups excluding carboxylic acids is 2. The number of benzene rings is 3. The van der Waals surface area contributed by atoms with E-state index in [1.165, 1.54) is 0 Å². The first-order valence-electron chi connectivity index (χ1n) is 23.7. The zero-order chi connectivity index (χ0) is 48.8. The van der Waals surface area contributed by atoms with Crippen LogP contribution in [0.25, 0.3) is 11.0 Å². The summed E-state index contributed by atoms with van der Waals surface area (Å²) in [5.41, 5.74) is 2.68. The molecule has 3 heterocycles. The average molecular weight is 947 g/mol. The van der Waals surface area contributed by atoms with E-state index in [2.05, 4.69) is 60.9 Å². The zero-order valence-electron chi connectivity index (χ0n) is 40.8. The first-order valence-corrected chi connectivity index (χ1v) is 24.8. The minimum absolute atomic E-state index is 0.0210. The van der Waals surface area contributed by atoms with Crippen molar-refractivity contribution in [2.45, 2.75) is 116 Å². The van der Waals surface area contributed by atoms with Crippen molar-refractivity contribution in [2.75, 3.05) is 40.5 Å². The van der Waals surface area contributed by atoms with Crippen LogP contribution in [0.15, 0.2) is 102 Å². The van der Waals surface area contributed by atoms with Gasteiger partial charge in [0.25, 0.3) is 14.4 Å². The summed E-state index contributed by atoms with van der Waals surface area (Å²) in [4.78, 5) is 47.5. The van der Waals surface area contributed by atoms with Crippen LogP contribution >= 0.6 is 8.53 Å². The van der Waals surface area contributed by atoms with E-state index in [1.54, 1.807) is 32.5 Å². The van der Waals surface area contributed by atoms with Gasteiger partial charge in [0.05, 0.1) is 57.5 Å². The maximum absolute atomic E-state index is 14.5. The number of nitrogens with zero attached hydrogens (tertiary/aromatic N) is 5. The van der Waals surface area contributed by atoms with Gasteiger partial charge < -0.3 is 38.0 Å². The molecule has 0 radical (unpaired) electrons. The fourth-order valence-corrected chi connectivity index (χ4v) is 10.6. The van der Waals surface area contributed by atoms with E-state index in [-0.39, 0.29) is 67.2 Å².